The molecule has 0 fully saturated rings. The quantitative estimate of drug-likeness (QED) is 0.903. The van der Waals surface area contributed by atoms with Gasteiger partial charge in [0, 0.05) is 24.0 Å². The largest absolute Gasteiger partial charge is 0.306 e. The SMILES string of the molecule is CC(C)(C)NCc1cncn1-c1cccc(F)c1. The molecule has 0 radical (unpaired) electrons. The van der Waals surface area contributed by atoms with Crippen molar-refractivity contribution in [3.8, 4) is 5.69 Å². The summed E-state index contributed by atoms with van der Waals surface area (Å²) in [6, 6.07) is 6.51. The number of hydrogen-bond acceptors (Lipinski definition) is 2. The van der Waals surface area contributed by atoms with E-state index >= 15 is 0 Å². The molecular formula is C14H18FN3. The molecule has 0 amide bonds. The highest BCUT2D eigenvalue weighted by Crippen LogP contribution is 2.13. The van der Waals surface area contributed by atoms with Crippen LogP contribution in [0.2, 0.25) is 0 Å². The molecule has 0 aliphatic carbocycles. The Morgan fingerprint density at radius 1 is 1.33 bits per heavy atom. The minimum absolute atomic E-state index is 0.0387. The highest BCUT2D eigenvalue weighted by molar-refractivity contribution is 5.34. The summed E-state index contributed by atoms with van der Waals surface area (Å²) < 4.78 is 15.1. The maximum atomic E-state index is 13.2. The molecule has 0 saturated carbocycles. The van der Waals surface area contributed by atoms with Crippen LogP contribution in [-0.2, 0) is 6.54 Å². The highest BCUT2D eigenvalue weighted by atomic mass is 19.1. The van der Waals surface area contributed by atoms with Gasteiger partial charge in [-0.3, -0.25) is 0 Å². The molecule has 0 spiro atoms. The number of nitrogens with zero attached hydrogens (tertiary/aromatic N) is 2. The molecular weight excluding hydrogens is 229 g/mol. The lowest BCUT2D eigenvalue weighted by Gasteiger charge is -2.21. The van der Waals surface area contributed by atoms with Gasteiger partial charge in [0.05, 0.1) is 12.0 Å². The average Bonchev–Trinajstić information content (AvgIpc) is 2.73. The summed E-state index contributed by atoms with van der Waals surface area (Å²) in [5, 5.41) is 3.39. The van der Waals surface area contributed by atoms with Gasteiger partial charge in [0.1, 0.15) is 5.82 Å². The maximum Gasteiger partial charge on any atom is 0.125 e. The zero-order valence-electron chi connectivity index (χ0n) is 10.9. The monoisotopic (exact) mass is 247 g/mol. The molecule has 0 aliphatic rings. The first-order chi connectivity index (χ1) is 8.46. The lowest BCUT2D eigenvalue weighted by molar-refractivity contribution is 0.419. The molecule has 0 atom stereocenters. The molecule has 2 rings (SSSR count). The Kier molecular flexibility index (Phi) is 3.48. The van der Waals surface area contributed by atoms with Gasteiger partial charge in [-0.1, -0.05) is 6.07 Å². The van der Waals surface area contributed by atoms with Crippen molar-refractivity contribution < 1.29 is 4.39 Å². The summed E-state index contributed by atoms with van der Waals surface area (Å²) in [5.74, 6) is -0.240. The van der Waals surface area contributed by atoms with Crippen molar-refractivity contribution in [1.82, 2.24) is 14.9 Å². The van der Waals surface area contributed by atoms with Crippen LogP contribution in [0.15, 0.2) is 36.8 Å². The number of halogens is 1. The van der Waals surface area contributed by atoms with E-state index < -0.39 is 0 Å². The molecule has 1 heterocycles. The number of rotatable bonds is 3. The number of benzene rings is 1. The number of imidazole rings is 1. The van der Waals surface area contributed by atoms with E-state index in [0.29, 0.717) is 6.54 Å². The first kappa shape index (κ1) is 12.8. The van der Waals surface area contributed by atoms with Gasteiger partial charge in [-0.2, -0.15) is 0 Å². The van der Waals surface area contributed by atoms with Crippen LogP contribution in [0.1, 0.15) is 26.5 Å². The van der Waals surface area contributed by atoms with Crippen molar-refractivity contribution in [3.63, 3.8) is 0 Å². The van der Waals surface area contributed by atoms with Gasteiger partial charge < -0.3 is 9.88 Å². The lowest BCUT2D eigenvalue weighted by Crippen LogP contribution is -2.35. The van der Waals surface area contributed by atoms with Crippen molar-refractivity contribution in [3.05, 3.63) is 48.3 Å². The Balaban J connectivity index is 2.23. The van der Waals surface area contributed by atoms with Gasteiger partial charge in [0.2, 0.25) is 0 Å². The summed E-state index contributed by atoms with van der Waals surface area (Å²) in [6.07, 6.45) is 3.50. The van der Waals surface area contributed by atoms with E-state index in [1.807, 2.05) is 10.6 Å². The third-order valence-corrected chi connectivity index (χ3v) is 2.60. The summed E-state index contributed by atoms with van der Waals surface area (Å²) in [7, 11) is 0. The predicted octanol–water partition coefficient (Wildman–Crippen LogP) is 2.90. The Labute approximate surface area is 107 Å². The topological polar surface area (TPSA) is 29.9 Å². The Bertz CT molecular complexity index is 526. The van der Waals surface area contributed by atoms with E-state index in [2.05, 4.69) is 31.1 Å². The minimum Gasteiger partial charge on any atom is -0.306 e. The van der Waals surface area contributed by atoms with Gasteiger partial charge in [0.25, 0.3) is 0 Å². The van der Waals surface area contributed by atoms with Gasteiger partial charge in [-0.25, -0.2) is 9.37 Å². The molecule has 1 aromatic carbocycles. The molecule has 0 bridgehead atoms. The first-order valence-corrected chi connectivity index (χ1v) is 5.98. The summed E-state index contributed by atoms with van der Waals surface area (Å²) >= 11 is 0. The maximum absolute atomic E-state index is 13.2. The molecule has 3 nitrogen and oxygen atoms in total. The molecule has 1 aromatic heterocycles. The van der Waals surface area contributed by atoms with Crippen LogP contribution in [0, 0.1) is 5.82 Å². The number of hydrogen-bond donors (Lipinski definition) is 1. The van der Waals surface area contributed by atoms with Crippen molar-refractivity contribution in [2.45, 2.75) is 32.9 Å². The number of aromatic nitrogens is 2. The van der Waals surface area contributed by atoms with Gasteiger partial charge >= 0.3 is 0 Å². The zero-order valence-corrected chi connectivity index (χ0v) is 10.9. The molecule has 0 unspecified atom stereocenters. The molecule has 0 aliphatic heterocycles. The molecule has 4 heteroatoms. The lowest BCUT2D eigenvalue weighted by atomic mass is 10.1. The van der Waals surface area contributed by atoms with Gasteiger partial charge in [-0.05, 0) is 39.0 Å². The fraction of sp³-hybridized carbons (Fsp3) is 0.357. The zero-order chi connectivity index (χ0) is 13.2. The summed E-state index contributed by atoms with van der Waals surface area (Å²) in [4.78, 5) is 4.13. The number of nitrogens with one attached hydrogen (secondary N) is 1. The summed E-state index contributed by atoms with van der Waals surface area (Å²) in [5.41, 5.74) is 1.84. The second kappa shape index (κ2) is 4.90. The molecule has 18 heavy (non-hydrogen) atoms. The average molecular weight is 247 g/mol. The first-order valence-electron chi connectivity index (χ1n) is 5.98. The minimum atomic E-state index is -0.240. The fourth-order valence-corrected chi connectivity index (χ4v) is 1.67. The van der Waals surface area contributed by atoms with Gasteiger partial charge in [0.15, 0.2) is 0 Å². The van der Waals surface area contributed by atoms with Crippen LogP contribution in [0.4, 0.5) is 4.39 Å². The van der Waals surface area contributed by atoms with Gasteiger partial charge in [-0.15, -0.1) is 0 Å². The highest BCUT2D eigenvalue weighted by Gasteiger charge is 2.11. The summed E-state index contributed by atoms with van der Waals surface area (Å²) in [6.45, 7) is 7.02. The predicted molar refractivity (Wildman–Crippen MR) is 70.1 cm³/mol. The van der Waals surface area contributed by atoms with Crippen LogP contribution in [0.25, 0.3) is 5.69 Å². The van der Waals surface area contributed by atoms with E-state index in [9.17, 15) is 4.39 Å². The van der Waals surface area contributed by atoms with Crippen molar-refractivity contribution in [2.75, 3.05) is 0 Å². The third-order valence-electron chi connectivity index (χ3n) is 2.60. The molecule has 1 N–H and O–H groups in total. The normalized spacial score (nSPS) is 11.8. The second-order valence-electron chi connectivity index (χ2n) is 5.34. The van der Waals surface area contributed by atoms with Crippen LogP contribution in [-0.4, -0.2) is 15.1 Å². The van der Waals surface area contributed by atoms with Crippen molar-refractivity contribution in [2.24, 2.45) is 0 Å². The van der Waals surface area contributed by atoms with Crippen LogP contribution < -0.4 is 5.32 Å². The van der Waals surface area contributed by atoms with E-state index in [1.54, 1.807) is 18.6 Å². The van der Waals surface area contributed by atoms with Crippen LogP contribution in [0.5, 0.6) is 0 Å². The van der Waals surface area contributed by atoms with E-state index in [0.717, 1.165) is 11.4 Å². The van der Waals surface area contributed by atoms with Crippen molar-refractivity contribution in [1.29, 1.82) is 0 Å². The molecule has 0 saturated heterocycles. The smallest absolute Gasteiger partial charge is 0.125 e. The third kappa shape index (κ3) is 3.17. The van der Waals surface area contributed by atoms with Crippen LogP contribution >= 0.6 is 0 Å². The second-order valence-corrected chi connectivity index (χ2v) is 5.34. The van der Waals surface area contributed by atoms with E-state index in [1.165, 1.54) is 12.1 Å². The molecule has 96 valence electrons. The Morgan fingerprint density at radius 3 is 2.78 bits per heavy atom. The fourth-order valence-electron chi connectivity index (χ4n) is 1.67. The Morgan fingerprint density at radius 2 is 2.11 bits per heavy atom. The van der Waals surface area contributed by atoms with E-state index in [-0.39, 0.29) is 11.4 Å². The van der Waals surface area contributed by atoms with E-state index in [4.69, 9.17) is 0 Å². The standard InChI is InChI=1S/C14H18FN3/c1-14(2,3)17-9-13-8-16-10-18(13)12-6-4-5-11(15)7-12/h4-8,10,17H,9H2,1-3H3. The van der Waals surface area contributed by atoms with Crippen molar-refractivity contribution >= 4 is 0 Å². The molecule has 2 aromatic rings. The van der Waals surface area contributed by atoms with Crippen LogP contribution in [0.3, 0.4) is 0 Å². The Hall–Kier alpha value is -1.68.